The highest BCUT2D eigenvalue weighted by Gasteiger charge is 2.12. The molecule has 0 radical (unpaired) electrons. The molecule has 2 nitrogen and oxygen atoms in total. The maximum atomic E-state index is 13.1. The third-order valence-electron chi connectivity index (χ3n) is 2.36. The number of halogens is 2. The lowest BCUT2D eigenvalue weighted by atomic mass is 10.1. The molecule has 0 aliphatic heterocycles. The van der Waals surface area contributed by atoms with E-state index in [4.69, 9.17) is 11.6 Å². The van der Waals surface area contributed by atoms with E-state index in [-0.39, 0.29) is 17.3 Å². The Morgan fingerprint density at radius 1 is 1.41 bits per heavy atom. The lowest BCUT2D eigenvalue weighted by Gasteiger charge is -2.15. The summed E-state index contributed by atoms with van der Waals surface area (Å²) in [5.41, 5.74) is 1.07. The lowest BCUT2D eigenvalue weighted by molar-refractivity contribution is 0.0938. The van der Waals surface area contributed by atoms with Gasteiger partial charge in [-0.05, 0) is 51.0 Å². The van der Waals surface area contributed by atoms with Crippen molar-refractivity contribution in [3.05, 3.63) is 35.1 Å². The molecule has 2 unspecified atom stereocenters. The molecular weight excluding hydrogens is 241 g/mol. The van der Waals surface area contributed by atoms with Crippen molar-refractivity contribution >= 4 is 17.5 Å². The molecule has 1 rings (SSSR count). The molecule has 4 heteroatoms. The number of carbonyl (C=O) groups excluding carboxylic acids is 1. The minimum Gasteiger partial charge on any atom is -0.350 e. The van der Waals surface area contributed by atoms with E-state index in [1.54, 1.807) is 13.0 Å². The van der Waals surface area contributed by atoms with E-state index in [0.29, 0.717) is 12.0 Å². The molecule has 0 aromatic heterocycles. The second-order valence-corrected chi connectivity index (χ2v) is 5.15. The number of aryl methyl sites for hydroxylation is 1. The van der Waals surface area contributed by atoms with E-state index >= 15 is 0 Å². The van der Waals surface area contributed by atoms with E-state index < -0.39 is 5.82 Å². The minimum atomic E-state index is -0.395. The van der Waals surface area contributed by atoms with Gasteiger partial charge in [-0.2, -0.15) is 0 Å². The van der Waals surface area contributed by atoms with Gasteiger partial charge in [0, 0.05) is 17.0 Å². The molecule has 1 N–H and O–H groups in total. The number of nitrogens with one attached hydrogen (secondary N) is 1. The topological polar surface area (TPSA) is 29.1 Å². The number of amides is 1. The average molecular weight is 258 g/mol. The Hall–Kier alpha value is -1.09. The van der Waals surface area contributed by atoms with E-state index in [9.17, 15) is 9.18 Å². The van der Waals surface area contributed by atoms with Crippen LogP contribution in [-0.4, -0.2) is 17.3 Å². The van der Waals surface area contributed by atoms with Crippen molar-refractivity contribution in [1.82, 2.24) is 5.32 Å². The van der Waals surface area contributed by atoms with Gasteiger partial charge in [-0.3, -0.25) is 4.79 Å². The fraction of sp³-hybridized carbons (Fsp3) is 0.462. The molecule has 1 amide bonds. The van der Waals surface area contributed by atoms with Crippen LogP contribution in [-0.2, 0) is 0 Å². The Morgan fingerprint density at radius 2 is 2.06 bits per heavy atom. The maximum absolute atomic E-state index is 13.1. The normalized spacial score (nSPS) is 14.2. The molecule has 0 saturated carbocycles. The van der Waals surface area contributed by atoms with Gasteiger partial charge in [0.05, 0.1) is 0 Å². The molecule has 0 aliphatic carbocycles. The third kappa shape index (κ3) is 4.73. The molecular formula is C13H17ClFNO. The fourth-order valence-electron chi connectivity index (χ4n) is 1.72. The summed E-state index contributed by atoms with van der Waals surface area (Å²) in [5.74, 6) is -0.661. The first kappa shape index (κ1) is 14.0. The Bertz CT molecular complexity index is 386. The van der Waals surface area contributed by atoms with Crippen LogP contribution >= 0.6 is 11.6 Å². The Morgan fingerprint density at radius 3 is 2.59 bits per heavy atom. The zero-order valence-electron chi connectivity index (χ0n) is 10.3. The smallest absolute Gasteiger partial charge is 0.251 e. The second kappa shape index (κ2) is 6.01. The summed E-state index contributed by atoms with van der Waals surface area (Å²) in [6.07, 6.45) is 0.682. The first-order valence-corrected chi connectivity index (χ1v) is 6.04. The fourth-order valence-corrected chi connectivity index (χ4v) is 1.99. The molecule has 0 spiro atoms. The quantitative estimate of drug-likeness (QED) is 0.824. The Labute approximate surface area is 106 Å². The van der Waals surface area contributed by atoms with Gasteiger partial charge < -0.3 is 5.32 Å². The van der Waals surface area contributed by atoms with Crippen molar-refractivity contribution < 1.29 is 9.18 Å². The van der Waals surface area contributed by atoms with E-state index in [2.05, 4.69) is 5.32 Å². The summed E-state index contributed by atoms with van der Waals surface area (Å²) in [6.45, 7) is 5.50. The second-order valence-electron chi connectivity index (χ2n) is 4.41. The van der Waals surface area contributed by atoms with Crippen LogP contribution in [0.5, 0.6) is 0 Å². The number of rotatable bonds is 4. The molecule has 0 aliphatic rings. The summed E-state index contributed by atoms with van der Waals surface area (Å²) >= 11 is 5.84. The van der Waals surface area contributed by atoms with Crippen molar-refractivity contribution in [3.8, 4) is 0 Å². The predicted molar refractivity (Wildman–Crippen MR) is 68.0 cm³/mol. The van der Waals surface area contributed by atoms with Gasteiger partial charge in [-0.25, -0.2) is 4.39 Å². The molecule has 0 fully saturated rings. The summed E-state index contributed by atoms with van der Waals surface area (Å²) in [7, 11) is 0. The SMILES string of the molecule is Cc1cc(F)cc(C(=O)NC(C)CC(C)Cl)c1. The predicted octanol–water partition coefficient (Wildman–Crippen LogP) is 3.27. The van der Waals surface area contributed by atoms with Crippen LogP contribution in [0.25, 0.3) is 0 Å². The van der Waals surface area contributed by atoms with Gasteiger partial charge in [-0.15, -0.1) is 11.6 Å². The van der Waals surface area contributed by atoms with Gasteiger partial charge in [-0.1, -0.05) is 0 Å². The van der Waals surface area contributed by atoms with Crippen molar-refractivity contribution in [2.45, 2.75) is 38.6 Å². The molecule has 2 atom stereocenters. The van der Waals surface area contributed by atoms with Crippen LogP contribution in [0.2, 0.25) is 0 Å². The number of hydrogen-bond acceptors (Lipinski definition) is 1. The van der Waals surface area contributed by atoms with Crippen molar-refractivity contribution in [1.29, 1.82) is 0 Å². The molecule has 0 saturated heterocycles. The van der Waals surface area contributed by atoms with Gasteiger partial charge in [0.25, 0.3) is 5.91 Å². The van der Waals surface area contributed by atoms with Crippen molar-refractivity contribution in [3.63, 3.8) is 0 Å². The highest BCUT2D eigenvalue weighted by molar-refractivity contribution is 6.20. The van der Waals surface area contributed by atoms with Crippen LogP contribution in [0.15, 0.2) is 18.2 Å². The first-order chi connectivity index (χ1) is 7.88. The van der Waals surface area contributed by atoms with Crippen LogP contribution < -0.4 is 5.32 Å². The van der Waals surface area contributed by atoms with Crippen molar-refractivity contribution in [2.24, 2.45) is 0 Å². The van der Waals surface area contributed by atoms with Gasteiger partial charge in [0.15, 0.2) is 0 Å². The van der Waals surface area contributed by atoms with Crippen LogP contribution in [0, 0.1) is 12.7 Å². The number of hydrogen-bond donors (Lipinski definition) is 1. The van der Waals surface area contributed by atoms with Crippen LogP contribution in [0.3, 0.4) is 0 Å². The van der Waals surface area contributed by atoms with E-state index in [0.717, 1.165) is 5.56 Å². The minimum absolute atomic E-state index is 0.000421. The zero-order valence-corrected chi connectivity index (χ0v) is 11.0. The van der Waals surface area contributed by atoms with Gasteiger partial charge in [0.2, 0.25) is 0 Å². The van der Waals surface area contributed by atoms with Gasteiger partial charge >= 0.3 is 0 Å². The van der Waals surface area contributed by atoms with E-state index in [1.165, 1.54) is 12.1 Å². The number of carbonyl (C=O) groups is 1. The largest absolute Gasteiger partial charge is 0.350 e. The molecule has 1 aromatic carbocycles. The van der Waals surface area contributed by atoms with Gasteiger partial charge in [0.1, 0.15) is 5.82 Å². The summed E-state index contributed by atoms with van der Waals surface area (Å²) in [4.78, 5) is 11.8. The number of alkyl halides is 1. The number of benzene rings is 1. The Kier molecular flexibility index (Phi) is 4.94. The monoisotopic (exact) mass is 257 g/mol. The standard InChI is InChI=1S/C13H17ClFNO/c1-8-4-11(7-12(15)5-8)13(17)16-10(3)6-9(2)14/h4-5,7,9-10H,6H2,1-3H3,(H,16,17). The third-order valence-corrected chi connectivity index (χ3v) is 2.54. The van der Waals surface area contributed by atoms with Crippen molar-refractivity contribution in [2.75, 3.05) is 0 Å². The lowest BCUT2D eigenvalue weighted by Crippen LogP contribution is -2.34. The molecule has 0 heterocycles. The summed E-state index contributed by atoms with van der Waals surface area (Å²) in [5, 5.41) is 2.79. The highest BCUT2D eigenvalue weighted by Crippen LogP contribution is 2.10. The first-order valence-electron chi connectivity index (χ1n) is 5.60. The molecule has 17 heavy (non-hydrogen) atoms. The molecule has 1 aromatic rings. The summed E-state index contributed by atoms with van der Waals surface area (Å²) in [6, 6.07) is 4.26. The van der Waals surface area contributed by atoms with E-state index in [1.807, 2.05) is 13.8 Å². The average Bonchev–Trinajstić information content (AvgIpc) is 2.14. The Balaban J connectivity index is 2.69. The van der Waals surface area contributed by atoms with Crippen LogP contribution in [0.4, 0.5) is 4.39 Å². The molecule has 94 valence electrons. The maximum Gasteiger partial charge on any atom is 0.251 e. The zero-order chi connectivity index (χ0) is 13.0. The summed E-state index contributed by atoms with van der Waals surface area (Å²) < 4.78 is 13.1. The molecule has 0 bridgehead atoms. The highest BCUT2D eigenvalue weighted by atomic mass is 35.5. The van der Waals surface area contributed by atoms with Crippen LogP contribution in [0.1, 0.15) is 36.2 Å².